The maximum absolute atomic E-state index is 11.6. The first-order valence-corrected chi connectivity index (χ1v) is 4.87. The third-order valence-electron chi connectivity index (χ3n) is 2.70. The van der Waals surface area contributed by atoms with Gasteiger partial charge < -0.3 is 4.74 Å². The smallest absolute Gasteiger partial charge is 0.342 e. The molecule has 4 heteroatoms. The third-order valence-corrected chi connectivity index (χ3v) is 2.70. The van der Waals surface area contributed by atoms with E-state index in [1.54, 1.807) is 4.68 Å². The van der Waals surface area contributed by atoms with Crippen molar-refractivity contribution in [1.29, 1.82) is 0 Å². The highest BCUT2D eigenvalue weighted by Gasteiger charge is 2.30. The number of aryl methyl sites for hydroxylation is 2. The van der Waals surface area contributed by atoms with Crippen LogP contribution in [0, 0.1) is 6.92 Å². The van der Waals surface area contributed by atoms with E-state index in [0.29, 0.717) is 5.56 Å². The van der Waals surface area contributed by atoms with Crippen LogP contribution in [-0.2, 0) is 18.2 Å². The Morgan fingerprint density at radius 3 is 3.00 bits per heavy atom. The lowest BCUT2D eigenvalue weighted by Gasteiger charge is -2.21. The molecule has 1 aliphatic rings. The van der Waals surface area contributed by atoms with Crippen molar-refractivity contribution in [3.8, 4) is 0 Å². The molecule has 1 unspecified atom stereocenters. The van der Waals surface area contributed by atoms with Crippen molar-refractivity contribution in [1.82, 2.24) is 9.78 Å². The van der Waals surface area contributed by atoms with Gasteiger partial charge in [0.05, 0.1) is 11.4 Å². The fourth-order valence-corrected chi connectivity index (χ4v) is 1.90. The number of fused-ring (bicyclic) bond motifs is 1. The molecule has 1 aromatic heterocycles. The summed E-state index contributed by atoms with van der Waals surface area (Å²) < 4.78 is 7.05. The molecule has 0 saturated heterocycles. The summed E-state index contributed by atoms with van der Waals surface area (Å²) in [5.74, 6) is -0.219. The highest BCUT2D eigenvalue weighted by atomic mass is 16.5. The van der Waals surface area contributed by atoms with Gasteiger partial charge in [0, 0.05) is 13.5 Å². The Balaban J connectivity index is 2.47. The molecular formula is C10H14N2O2. The zero-order valence-electron chi connectivity index (χ0n) is 8.70. The van der Waals surface area contributed by atoms with Crippen LogP contribution < -0.4 is 0 Å². The van der Waals surface area contributed by atoms with Crippen LogP contribution >= 0.6 is 0 Å². The van der Waals surface area contributed by atoms with E-state index in [0.717, 1.165) is 24.2 Å². The van der Waals surface area contributed by atoms with E-state index < -0.39 is 0 Å². The first kappa shape index (κ1) is 9.24. The summed E-state index contributed by atoms with van der Waals surface area (Å²) >= 11 is 0. The van der Waals surface area contributed by atoms with E-state index in [-0.39, 0.29) is 12.1 Å². The largest absolute Gasteiger partial charge is 0.458 e. The van der Waals surface area contributed by atoms with E-state index in [9.17, 15) is 4.79 Å². The Kier molecular flexibility index (Phi) is 2.06. The van der Waals surface area contributed by atoms with Crippen LogP contribution in [0.2, 0.25) is 0 Å². The summed E-state index contributed by atoms with van der Waals surface area (Å²) in [5, 5.41) is 4.23. The Labute approximate surface area is 82.9 Å². The number of cyclic esters (lactones) is 1. The SMILES string of the molecule is CCC1Cc2c(c(C)nn2C)C(=O)O1. The minimum absolute atomic E-state index is 0.0183. The number of carbonyl (C=O) groups excluding carboxylic acids is 1. The van der Waals surface area contributed by atoms with Gasteiger partial charge in [-0.25, -0.2) is 4.79 Å². The summed E-state index contributed by atoms with van der Waals surface area (Å²) in [6.07, 6.45) is 1.66. The molecule has 0 bridgehead atoms. The van der Waals surface area contributed by atoms with Gasteiger partial charge >= 0.3 is 5.97 Å². The van der Waals surface area contributed by atoms with Crippen molar-refractivity contribution in [2.75, 3.05) is 0 Å². The van der Waals surface area contributed by atoms with Crippen molar-refractivity contribution in [2.45, 2.75) is 32.8 Å². The molecule has 0 fully saturated rings. The topological polar surface area (TPSA) is 44.1 Å². The maximum Gasteiger partial charge on any atom is 0.342 e. The van der Waals surface area contributed by atoms with Crippen LogP contribution in [0.3, 0.4) is 0 Å². The second-order valence-corrected chi connectivity index (χ2v) is 3.67. The molecule has 0 aliphatic carbocycles. The molecule has 0 N–H and O–H groups in total. The average molecular weight is 194 g/mol. The first-order valence-electron chi connectivity index (χ1n) is 4.87. The lowest BCUT2D eigenvalue weighted by Crippen LogP contribution is -2.28. The number of hydrogen-bond acceptors (Lipinski definition) is 3. The molecule has 1 atom stereocenters. The number of nitrogens with zero attached hydrogens (tertiary/aromatic N) is 2. The van der Waals surface area contributed by atoms with Gasteiger partial charge in [0.15, 0.2) is 0 Å². The second-order valence-electron chi connectivity index (χ2n) is 3.67. The molecule has 0 spiro atoms. The third kappa shape index (κ3) is 1.22. The Bertz CT molecular complexity index is 382. The molecule has 1 aromatic rings. The quantitative estimate of drug-likeness (QED) is 0.631. The normalized spacial score (nSPS) is 20.5. The number of aromatic nitrogens is 2. The zero-order chi connectivity index (χ0) is 10.3. The van der Waals surface area contributed by atoms with Gasteiger partial charge in [-0.2, -0.15) is 5.10 Å². The highest BCUT2D eigenvalue weighted by Crippen LogP contribution is 2.23. The van der Waals surface area contributed by atoms with E-state index in [1.807, 2.05) is 20.9 Å². The van der Waals surface area contributed by atoms with Crippen molar-refractivity contribution in [3.05, 3.63) is 17.0 Å². The monoisotopic (exact) mass is 194 g/mol. The van der Waals surface area contributed by atoms with Gasteiger partial charge in [0.25, 0.3) is 0 Å². The highest BCUT2D eigenvalue weighted by molar-refractivity contribution is 5.93. The van der Waals surface area contributed by atoms with Crippen LogP contribution in [0.4, 0.5) is 0 Å². The van der Waals surface area contributed by atoms with Crippen molar-refractivity contribution >= 4 is 5.97 Å². The van der Waals surface area contributed by atoms with Gasteiger partial charge in [-0.1, -0.05) is 6.92 Å². The van der Waals surface area contributed by atoms with Crippen LogP contribution in [-0.4, -0.2) is 21.9 Å². The summed E-state index contributed by atoms with van der Waals surface area (Å²) in [6, 6.07) is 0. The second kappa shape index (κ2) is 3.12. The first-order chi connectivity index (χ1) is 6.63. The minimum atomic E-state index is -0.219. The summed E-state index contributed by atoms with van der Waals surface area (Å²) in [5.41, 5.74) is 2.44. The fraction of sp³-hybridized carbons (Fsp3) is 0.600. The van der Waals surface area contributed by atoms with E-state index in [4.69, 9.17) is 4.74 Å². The van der Waals surface area contributed by atoms with E-state index in [2.05, 4.69) is 5.10 Å². The molecule has 76 valence electrons. The molecule has 1 aliphatic heterocycles. The molecule has 2 rings (SSSR count). The molecule has 0 saturated carbocycles. The molecule has 2 heterocycles. The number of carbonyl (C=O) groups is 1. The number of esters is 1. The van der Waals surface area contributed by atoms with Gasteiger partial charge in [-0.3, -0.25) is 4.68 Å². The standard InChI is InChI=1S/C10H14N2O2/c1-4-7-5-8-9(10(13)14-7)6(2)11-12(8)3/h7H,4-5H2,1-3H3. The Hall–Kier alpha value is -1.32. The summed E-state index contributed by atoms with van der Waals surface area (Å²) in [7, 11) is 1.87. The van der Waals surface area contributed by atoms with Crippen molar-refractivity contribution in [3.63, 3.8) is 0 Å². The van der Waals surface area contributed by atoms with E-state index >= 15 is 0 Å². The van der Waals surface area contributed by atoms with Crippen LogP contribution in [0.15, 0.2) is 0 Å². The lowest BCUT2D eigenvalue weighted by atomic mass is 10.0. The van der Waals surface area contributed by atoms with Gasteiger partial charge in [-0.15, -0.1) is 0 Å². The lowest BCUT2D eigenvalue weighted by molar-refractivity contribution is 0.0243. The number of ether oxygens (including phenoxy) is 1. The predicted molar refractivity (Wildman–Crippen MR) is 51.1 cm³/mol. The summed E-state index contributed by atoms with van der Waals surface area (Å²) in [6.45, 7) is 3.86. The molecule has 0 amide bonds. The minimum Gasteiger partial charge on any atom is -0.458 e. The molecular weight excluding hydrogens is 180 g/mol. The van der Waals surface area contributed by atoms with Crippen molar-refractivity contribution < 1.29 is 9.53 Å². The number of rotatable bonds is 1. The molecule has 0 aromatic carbocycles. The van der Waals surface area contributed by atoms with E-state index in [1.165, 1.54) is 0 Å². The molecule has 14 heavy (non-hydrogen) atoms. The molecule has 4 nitrogen and oxygen atoms in total. The average Bonchev–Trinajstić information content (AvgIpc) is 2.42. The molecule has 0 radical (unpaired) electrons. The zero-order valence-corrected chi connectivity index (χ0v) is 8.70. The van der Waals surface area contributed by atoms with Gasteiger partial charge in [0.1, 0.15) is 11.7 Å². The predicted octanol–water partition coefficient (Wildman–Crippen LogP) is 1.22. The fourth-order valence-electron chi connectivity index (χ4n) is 1.90. The Morgan fingerprint density at radius 2 is 2.36 bits per heavy atom. The number of hydrogen-bond donors (Lipinski definition) is 0. The van der Waals surface area contributed by atoms with Crippen LogP contribution in [0.25, 0.3) is 0 Å². The maximum atomic E-state index is 11.6. The van der Waals surface area contributed by atoms with Gasteiger partial charge in [-0.05, 0) is 13.3 Å². The van der Waals surface area contributed by atoms with Crippen molar-refractivity contribution in [2.24, 2.45) is 7.05 Å². The van der Waals surface area contributed by atoms with Gasteiger partial charge in [0.2, 0.25) is 0 Å². The van der Waals surface area contributed by atoms with Crippen LogP contribution in [0.1, 0.15) is 35.1 Å². The summed E-state index contributed by atoms with van der Waals surface area (Å²) in [4.78, 5) is 11.6. The van der Waals surface area contributed by atoms with Crippen LogP contribution in [0.5, 0.6) is 0 Å². The Morgan fingerprint density at radius 1 is 1.64 bits per heavy atom.